The number of thioether (sulfide) groups is 1. The van der Waals surface area contributed by atoms with Crippen LogP contribution in [-0.4, -0.2) is 34.2 Å². The molecule has 2 heterocycles. The maximum absolute atomic E-state index is 12.1. The summed E-state index contributed by atoms with van der Waals surface area (Å²) in [5.41, 5.74) is 6.94. The minimum absolute atomic E-state index is 0. The molecule has 1 amide bonds. The van der Waals surface area contributed by atoms with Crippen molar-refractivity contribution in [3.63, 3.8) is 0 Å². The Balaban J connectivity index is 0.00000192. The molecule has 1 aliphatic rings. The van der Waals surface area contributed by atoms with Crippen molar-refractivity contribution < 1.29 is 4.79 Å². The zero-order valence-corrected chi connectivity index (χ0v) is 15.6. The summed E-state index contributed by atoms with van der Waals surface area (Å²) < 4.78 is 0. The van der Waals surface area contributed by atoms with Crippen LogP contribution >= 0.6 is 35.5 Å². The highest BCUT2D eigenvalue weighted by atomic mass is 35.5. The number of aromatic nitrogens is 2. The van der Waals surface area contributed by atoms with E-state index in [4.69, 9.17) is 5.73 Å². The lowest BCUT2D eigenvalue weighted by Gasteiger charge is -2.15. The van der Waals surface area contributed by atoms with Crippen molar-refractivity contribution in [1.29, 1.82) is 0 Å². The van der Waals surface area contributed by atoms with E-state index in [-0.39, 0.29) is 24.4 Å². The predicted molar refractivity (Wildman–Crippen MR) is 98.6 cm³/mol. The van der Waals surface area contributed by atoms with Gasteiger partial charge in [0, 0.05) is 22.8 Å². The van der Waals surface area contributed by atoms with Crippen molar-refractivity contribution in [2.75, 3.05) is 12.3 Å². The van der Waals surface area contributed by atoms with Crippen molar-refractivity contribution >= 4 is 51.6 Å². The van der Waals surface area contributed by atoms with E-state index in [0.29, 0.717) is 18.2 Å². The molecule has 126 valence electrons. The summed E-state index contributed by atoms with van der Waals surface area (Å²) in [5.74, 6) is 0.971. The number of hydrogen-bond acceptors (Lipinski definition) is 6. The third-order valence-electron chi connectivity index (χ3n) is 4.06. The summed E-state index contributed by atoms with van der Waals surface area (Å²) in [4.78, 5) is 23.0. The van der Waals surface area contributed by atoms with Gasteiger partial charge >= 0.3 is 0 Å². The Morgan fingerprint density at radius 2 is 2.22 bits per heavy atom. The summed E-state index contributed by atoms with van der Waals surface area (Å²) in [5, 5.41) is 5.01. The van der Waals surface area contributed by atoms with Crippen molar-refractivity contribution in [2.24, 2.45) is 11.7 Å². The number of carbonyl (C=O) groups excluding carboxylic acids is 1. The number of nitrogens with zero attached hydrogens (tertiary/aromatic N) is 2. The van der Waals surface area contributed by atoms with Crippen LogP contribution in [0.4, 0.5) is 0 Å². The number of nitrogens with one attached hydrogen (secondary N) is 1. The van der Waals surface area contributed by atoms with Gasteiger partial charge in [0.05, 0.1) is 5.75 Å². The predicted octanol–water partition coefficient (Wildman–Crippen LogP) is 2.68. The molecule has 0 aromatic carbocycles. The van der Waals surface area contributed by atoms with Crippen LogP contribution in [0.3, 0.4) is 0 Å². The zero-order valence-electron chi connectivity index (χ0n) is 13.2. The van der Waals surface area contributed by atoms with E-state index in [1.54, 1.807) is 17.7 Å². The number of thiophene rings is 1. The van der Waals surface area contributed by atoms with Crippen LogP contribution in [0, 0.1) is 19.8 Å². The Bertz CT molecular complexity index is 702. The first kappa shape index (κ1) is 18.4. The second-order valence-corrected chi connectivity index (χ2v) is 7.85. The molecule has 23 heavy (non-hydrogen) atoms. The first-order chi connectivity index (χ1) is 10.6. The van der Waals surface area contributed by atoms with Gasteiger partial charge in [-0.25, -0.2) is 9.97 Å². The van der Waals surface area contributed by atoms with E-state index in [1.165, 1.54) is 35.0 Å². The lowest BCUT2D eigenvalue weighted by atomic mass is 10.2. The molecule has 0 aliphatic heterocycles. The highest BCUT2D eigenvalue weighted by Gasteiger charge is 2.31. The number of nitrogens with two attached hydrogens (primary N) is 1. The van der Waals surface area contributed by atoms with Crippen molar-refractivity contribution in [3.05, 3.63) is 16.8 Å². The van der Waals surface area contributed by atoms with E-state index in [1.807, 2.05) is 0 Å². The first-order valence-corrected chi connectivity index (χ1v) is 9.23. The highest BCUT2D eigenvalue weighted by Crippen LogP contribution is 2.34. The summed E-state index contributed by atoms with van der Waals surface area (Å²) in [6.07, 6.45) is 3.93. The van der Waals surface area contributed by atoms with Gasteiger partial charge in [-0.3, -0.25) is 4.79 Å². The molecule has 3 N–H and O–H groups in total. The Morgan fingerprint density at radius 3 is 2.87 bits per heavy atom. The van der Waals surface area contributed by atoms with Gasteiger partial charge in [-0.2, -0.15) is 0 Å². The molecule has 0 bridgehead atoms. The third-order valence-corrected chi connectivity index (χ3v) is 6.17. The van der Waals surface area contributed by atoms with Gasteiger partial charge in [-0.1, -0.05) is 11.8 Å². The molecule has 8 heteroatoms. The average molecular weight is 373 g/mol. The van der Waals surface area contributed by atoms with Gasteiger partial charge in [0.1, 0.15) is 16.2 Å². The van der Waals surface area contributed by atoms with Crippen molar-refractivity contribution in [3.8, 4) is 0 Å². The van der Waals surface area contributed by atoms with E-state index >= 15 is 0 Å². The monoisotopic (exact) mass is 372 g/mol. The smallest absolute Gasteiger partial charge is 0.230 e. The van der Waals surface area contributed by atoms with Crippen LogP contribution in [0.25, 0.3) is 10.2 Å². The molecule has 1 atom stereocenters. The fourth-order valence-corrected chi connectivity index (χ4v) is 4.44. The van der Waals surface area contributed by atoms with Gasteiger partial charge in [-0.05, 0) is 38.2 Å². The number of carbonyl (C=O) groups is 1. The van der Waals surface area contributed by atoms with Crippen LogP contribution in [0.1, 0.15) is 23.3 Å². The van der Waals surface area contributed by atoms with E-state index < -0.39 is 0 Å². The van der Waals surface area contributed by atoms with Gasteiger partial charge in [0.25, 0.3) is 0 Å². The quantitative estimate of drug-likeness (QED) is 0.601. The van der Waals surface area contributed by atoms with E-state index in [9.17, 15) is 4.79 Å². The molecule has 1 unspecified atom stereocenters. The van der Waals surface area contributed by atoms with Crippen LogP contribution in [0.2, 0.25) is 0 Å². The van der Waals surface area contributed by atoms with Crippen LogP contribution in [0.5, 0.6) is 0 Å². The number of halogens is 1. The zero-order chi connectivity index (χ0) is 15.7. The fraction of sp³-hybridized carbons (Fsp3) is 0.533. The SMILES string of the molecule is Cc1sc2ncnc(SCC(=O)NC(CN)C3CC3)c2c1C.Cl. The topological polar surface area (TPSA) is 80.9 Å². The molecule has 0 saturated heterocycles. The van der Waals surface area contributed by atoms with Gasteiger partial charge < -0.3 is 11.1 Å². The number of amides is 1. The Morgan fingerprint density at radius 1 is 1.48 bits per heavy atom. The van der Waals surface area contributed by atoms with E-state index in [0.717, 1.165) is 15.2 Å². The van der Waals surface area contributed by atoms with Gasteiger partial charge in [-0.15, -0.1) is 23.7 Å². The molecule has 2 aromatic heterocycles. The normalized spacial score (nSPS) is 15.3. The molecule has 1 saturated carbocycles. The second-order valence-electron chi connectivity index (χ2n) is 5.68. The summed E-state index contributed by atoms with van der Waals surface area (Å²) in [7, 11) is 0. The molecule has 5 nitrogen and oxygen atoms in total. The summed E-state index contributed by atoms with van der Waals surface area (Å²) >= 11 is 3.14. The number of fused-ring (bicyclic) bond motifs is 1. The van der Waals surface area contributed by atoms with E-state index in [2.05, 4.69) is 29.1 Å². The third kappa shape index (κ3) is 4.15. The molecule has 0 spiro atoms. The molecule has 3 rings (SSSR count). The standard InChI is InChI=1S/C15H20N4OS2.ClH/c1-8-9(2)22-15-13(8)14(17-7-18-15)21-6-12(20)19-11(5-16)10-3-4-10;/h7,10-11H,3-6,16H2,1-2H3,(H,19,20);1H. The maximum Gasteiger partial charge on any atom is 0.230 e. The molecule has 1 fully saturated rings. The van der Waals surface area contributed by atoms with Crippen LogP contribution in [0.15, 0.2) is 11.4 Å². The van der Waals surface area contributed by atoms with Crippen LogP contribution < -0.4 is 11.1 Å². The Hall–Kier alpha value is -0.890. The average Bonchev–Trinajstić information content (AvgIpc) is 3.30. The van der Waals surface area contributed by atoms with Crippen molar-refractivity contribution in [2.45, 2.75) is 37.8 Å². The summed E-state index contributed by atoms with van der Waals surface area (Å²) in [6.45, 7) is 4.69. The van der Waals surface area contributed by atoms with Gasteiger partial charge in [0.15, 0.2) is 0 Å². The lowest BCUT2D eigenvalue weighted by molar-refractivity contribution is -0.119. The van der Waals surface area contributed by atoms with Crippen molar-refractivity contribution in [1.82, 2.24) is 15.3 Å². The second kappa shape index (κ2) is 7.79. The fourth-order valence-electron chi connectivity index (χ4n) is 2.51. The molecular weight excluding hydrogens is 352 g/mol. The number of aryl methyl sites for hydroxylation is 2. The van der Waals surface area contributed by atoms with Gasteiger partial charge in [0.2, 0.25) is 5.91 Å². The Labute approximate surface area is 150 Å². The first-order valence-electron chi connectivity index (χ1n) is 7.43. The highest BCUT2D eigenvalue weighted by molar-refractivity contribution is 8.00. The minimum Gasteiger partial charge on any atom is -0.351 e. The number of rotatable bonds is 6. The summed E-state index contributed by atoms with van der Waals surface area (Å²) in [6, 6.07) is 0.128. The van der Waals surface area contributed by atoms with Crippen LogP contribution in [-0.2, 0) is 4.79 Å². The maximum atomic E-state index is 12.1. The molecule has 0 radical (unpaired) electrons. The number of hydrogen-bond donors (Lipinski definition) is 2. The molecular formula is C15H21ClN4OS2. The largest absolute Gasteiger partial charge is 0.351 e. The lowest BCUT2D eigenvalue weighted by Crippen LogP contribution is -2.42. The molecule has 2 aromatic rings. The molecule has 1 aliphatic carbocycles. The Kier molecular flexibility index (Phi) is 6.25. The minimum atomic E-state index is 0.